The predicted octanol–water partition coefficient (Wildman–Crippen LogP) is 9.03. The first-order valence-corrected chi connectivity index (χ1v) is 12.3. The fourth-order valence-corrected chi connectivity index (χ4v) is 4.14. The minimum absolute atomic E-state index is 0.513. The molecule has 1 aliphatic rings. The van der Waals surface area contributed by atoms with Gasteiger partial charge in [0.05, 0.1) is 12.1 Å². The molecule has 0 aliphatic carbocycles. The lowest BCUT2D eigenvalue weighted by atomic mass is 9.98. The summed E-state index contributed by atoms with van der Waals surface area (Å²) in [6.07, 6.45) is 27.3. The van der Waals surface area contributed by atoms with Crippen LogP contribution in [-0.4, -0.2) is 12.1 Å². The van der Waals surface area contributed by atoms with Crippen LogP contribution in [0.15, 0.2) is 10.2 Å². The summed E-state index contributed by atoms with van der Waals surface area (Å²) < 4.78 is 0. The van der Waals surface area contributed by atoms with Crippen molar-refractivity contribution < 1.29 is 0 Å². The standard InChI is InChI=1S/C24H48N2/c1-3-5-7-11-15-19-23-21-17-13-9-10-14-18-22-24(26-25-23)20-16-12-8-6-4-2/h23-24H,3-22H2,1-2H3. The van der Waals surface area contributed by atoms with Crippen molar-refractivity contribution in [2.24, 2.45) is 10.2 Å². The van der Waals surface area contributed by atoms with E-state index in [0.717, 1.165) is 0 Å². The van der Waals surface area contributed by atoms with E-state index in [1.807, 2.05) is 0 Å². The van der Waals surface area contributed by atoms with Gasteiger partial charge >= 0.3 is 0 Å². The highest BCUT2D eigenvalue weighted by Crippen LogP contribution is 2.21. The molecule has 0 saturated carbocycles. The van der Waals surface area contributed by atoms with E-state index in [2.05, 4.69) is 13.8 Å². The highest BCUT2D eigenvalue weighted by Gasteiger charge is 2.12. The van der Waals surface area contributed by atoms with E-state index in [1.54, 1.807) is 0 Å². The van der Waals surface area contributed by atoms with E-state index in [0.29, 0.717) is 12.1 Å². The highest BCUT2D eigenvalue weighted by atomic mass is 15.1. The lowest BCUT2D eigenvalue weighted by Gasteiger charge is -2.16. The number of azo groups is 1. The Morgan fingerprint density at radius 2 is 0.885 bits per heavy atom. The summed E-state index contributed by atoms with van der Waals surface area (Å²) in [4.78, 5) is 0. The van der Waals surface area contributed by atoms with Crippen LogP contribution in [0, 0.1) is 0 Å². The number of nitrogens with zero attached hydrogens (tertiary/aromatic N) is 2. The average molecular weight is 365 g/mol. The molecule has 0 radical (unpaired) electrons. The first kappa shape index (κ1) is 23.6. The molecule has 2 atom stereocenters. The molecule has 0 spiro atoms. The summed E-state index contributed by atoms with van der Waals surface area (Å²) in [7, 11) is 0. The van der Waals surface area contributed by atoms with Crippen molar-refractivity contribution in [1.29, 1.82) is 0 Å². The number of hydrogen-bond acceptors (Lipinski definition) is 2. The molecule has 1 rings (SSSR count). The van der Waals surface area contributed by atoms with Crippen LogP contribution >= 0.6 is 0 Å². The van der Waals surface area contributed by atoms with Crippen LogP contribution < -0.4 is 0 Å². The van der Waals surface area contributed by atoms with E-state index in [-0.39, 0.29) is 0 Å². The van der Waals surface area contributed by atoms with E-state index < -0.39 is 0 Å². The SMILES string of the molecule is CCCCCCCC1CCCCCCCCC(CCCCCCC)N=N1. The molecule has 1 aliphatic heterocycles. The van der Waals surface area contributed by atoms with Crippen LogP contribution in [0.2, 0.25) is 0 Å². The smallest absolute Gasteiger partial charge is 0.0708 e. The van der Waals surface area contributed by atoms with Gasteiger partial charge in [0, 0.05) is 0 Å². The molecular formula is C24H48N2. The topological polar surface area (TPSA) is 24.7 Å². The quantitative estimate of drug-likeness (QED) is 0.308. The molecule has 0 N–H and O–H groups in total. The zero-order valence-corrected chi connectivity index (χ0v) is 18.2. The molecule has 26 heavy (non-hydrogen) atoms. The highest BCUT2D eigenvalue weighted by molar-refractivity contribution is 4.71. The van der Waals surface area contributed by atoms with Gasteiger partial charge in [-0.05, 0) is 25.7 Å². The van der Waals surface area contributed by atoms with Crippen LogP contribution in [0.4, 0.5) is 0 Å². The summed E-state index contributed by atoms with van der Waals surface area (Å²) in [5.74, 6) is 0. The second kappa shape index (κ2) is 18.0. The summed E-state index contributed by atoms with van der Waals surface area (Å²) in [6.45, 7) is 4.59. The van der Waals surface area contributed by atoms with Crippen LogP contribution in [0.3, 0.4) is 0 Å². The maximum Gasteiger partial charge on any atom is 0.0708 e. The van der Waals surface area contributed by atoms with Crippen LogP contribution in [0.1, 0.15) is 142 Å². The molecule has 0 saturated heterocycles. The van der Waals surface area contributed by atoms with E-state index in [1.165, 1.54) is 128 Å². The third kappa shape index (κ3) is 13.8. The first-order valence-electron chi connectivity index (χ1n) is 12.3. The molecule has 1 heterocycles. The second-order valence-corrected chi connectivity index (χ2v) is 8.64. The fraction of sp³-hybridized carbons (Fsp3) is 1.00. The van der Waals surface area contributed by atoms with Gasteiger partial charge < -0.3 is 0 Å². The van der Waals surface area contributed by atoms with Gasteiger partial charge in [-0.25, -0.2) is 0 Å². The van der Waals surface area contributed by atoms with Crippen molar-refractivity contribution in [3.05, 3.63) is 0 Å². The number of hydrogen-bond donors (Lipinski definition) is 0. The lowest BCUT2D eigenvalue weighted by molar-refractivity contribution is 0.423. The van der Waals surface area contributed by atoms with Crippen molar-refractivity contribution in [1.82, 2.24) is 0 Å². The summed E-state index contributed by atoms with van der Waals surface area (Å²) in [5, 5.41) is 9.79. The van der Waals surface area contributed by atoms with Crippen LogP contribution in [-0.2, 0) is 0 Å². The predicted molar refractivity (Wildman–Crippen MR) is 116 cm³/mol. The Morgan fingerprint density at radius 1 is 0.500 bits per heavy atom. The molecule has 0 amide bonds. The van der Waals surface area contributed by atoms with Crippen LogP contribution in [0.5, 0.6) is 0 Å². The zero-order chi connectivity index (χ0) is 18.7. The van der Waals surface area contributed by atoms with Crippen molar-refractivity contribution in [3.8, 4) is 0 Å². The molecule has 2 nitrogen and oxygen atoms in total. The molecule has 2 heteroatoms. The first-order chi connectivity index (χ1) is 12.9. The molecule has 0 aromatic heterocycles. The third-order valence-electron chi connectivity index (χ3n) is 6.00. The zero-order valence-electron chi connectivity index (χ0n) is 18.2. The Bertz CT molecular complexity index is 283. The lowest BCUT2D eigenvalue weighted by Crippen LogP contribution is -2.09. The Kier molecular flexibility index (Phi) is 16.4. The van der Waals surface area contributed by atoms with Gasteiger partial charge in [-0.15, -0.1) is 0 Å². The van der Waals surface area contributed by atoms with E-state index >= 15 is 0 Å². The molecule has 0 fully saturated rings. The molecule has 2 unspecified atom stereocenters. The van der Waals surface area contributed by atoms with Gasteiger partial charge in [0.1, 0.15) is 0 Å². The molecule has 154 valence electrons. The van der Waals surface area contributed by atoms with Gasteiger partial charge in [-0.3, -0.25) is 0 Å². The largest absolute Gasteiger partial charge is 0.191 e. The Morgan fingerprint density at radius 3 is 1.31 bits per heavy atom. The minimum Gasteiger partial charge on any atom is -0.191 e. The van der Waals surface area contributed by atoms with Crippen molar-refractivity contribution in [2.45, 2.75) is 154 Å². The van der Waals surface area contributed by atoms with Gasteiger partial charge in [-0.1, -0.05) is 117 Å². The summed E-state index contributed by atoms with van der Waals surface area (Å²) in [5.41, 5.74) is 0. The van der Waals surface area contributed by atoms with Crippen molar-refractivity contribution >= 4 is 0 Å². The number of unbranched alkanes of at least 4 members (excludes halogenated alkanes) is 8. The third-order valence-corrected chi connectivity index (χ3v) is 6.00. The maximum absolute atomic E-state index is 4.90. The molecular weight excluding hydrogens is 316 g/mol. The summed E-state index contributed by atoms with van der Waals surface area (Å²) in [6, 6.07) is 1.03. The van der Waals surface area contributed by atoms with Gasteiger partial charge in [0.2, 0.25) is 0 Å². The molecule has 0 aromatic carbocycles. The monoisotopic (exact) mass is 364 g/mol. The normalized spacial score (nSPS) is 22.7. The molecule has 0 bridgehead atoms. The second-order valence-electron chi connectivity index (χ2n) is 8.64. The Hall–Kier alpha value is -0.400. The van der Waals surface area contributed by atoms with Crippen molar-refractivity contribution in [3.63, 3.8) is 0 Å². The van der Waals surface area contributed by atoms with Gasteiger partial charge in [0.25, 0.3) is 0 Å². The summed E-state index contributed by atoms with van der Waals surface area (Å²) >= 11 is 0. The molecule has 0 aromatic rings. The van der Waals surface area contributed by atoms with Crippen molar-refractivity contribution in [2.75, 3.05) is 0 Å². The van der Waals surface area contributed by atoms with Gasteiger partial charge in [-0.2, -0.15) is 10.2 Å². The minimum atomic E-state index is 0.513. The number of rotatable bonds is 12. The average Bonchev–Trinajstić information content (AvgIpc) is 2.64. The van der Waals surface area contributed by atoms with Crippen LogP contribution in [0.25, 0.3) is 0 Å². The Balaban J connectivity index is 2.42. The maximum atomic E-state index is 4.90. The van der Waals surface area contributed by atoms with Gasteiger partial charge in [0.15, 0.2) is 0 Å². The van der Waals surface area contributed by atoms with E-state index in [9.17, 15) is 0 Å². The fourth-order valence-electron chi connectivity index (χ4n) is 4.14. The Labute approximate surface area is 165 Å². The van der Waals surface area contributed by atoms with E-state index in [4.69, 9.17) is 10.2 Å².